The highest BCUT2D eigenvalue weighted by Gasteiger charge is 2.24. The zero-order chi connectivity index (χ0) is 17.3. The molecule has 1 aliphatic heterocycles. The van der Waals surface area contributed by atoms with E-state index >= 15 is 0 Å². The molecule has 0 spiro atoms. The molecule has 0 saturated heterocycles. The van der Waals surface area contributed by atoms with Gasteiger partial charge in [0.05, 0.1) is 14.2 Å². The molecule has 0 aromatic heterocycles. The topological polar surface area (TPSA) is 38.8 Å². The molecule has 0 aliphatic carbocycles. The molecule has 4 nitrogen and oxygen atoms in total. The van der Waals surface area contributed by atoms with Crippen molar-refractivity contribution in [2.24, 2.45) is 0 Å². The molecule has 0 radical (unpaired) electrons. The van der Waals surface area contributed by atoms with E-state index < -0.39 is 17.5 Å². The molecule has 24 heavy (non-hydrogen) atoms. The fourth-order valence-corrected chi connectivity index (χ4v) is 2.92. The van der Waals surface area contributed by atoms with Gasteiger partial charge in [-0.05, 0) is 41.8 Å². The second-order valence-electron chi connectivity index (χ2n) is 5.61. The summed E-state index contributed by atoms with van der Waals surface area (Å²) in [6, 6.07) is 6.59. The maximum atomic E-state index is 13.3. The van der Waals surface area contributed by atoms with Crippen LogP contribution in [0.1, 0.15) is 21.5 Å². The fourth-order valence-electron chi connectivity index (χ4n) is 2.92. The first-order valence-electron chi connectivity index (χ1n) is 7.51. The van der Waals surface area contributed by atoms with Gasteiger partial charge in [-0.25, -0.2) is 8.78 Å². The molecule has 2 aromatic rings. The van der Waals surface area contributed by atoms with E-state index in [0.29, 0.717) is 31.0 Å². The number of amides is 1. The largest absolute Gasteiger partial charge is 0.493 e. The number of rotatable bonds is 3. The van der Waals surface area contributed by atoms with Crippen LogP contribution in [-0.2, 0) is 13.0 Å². The summed E-state index contributed by atoms with van der Waals surface area (Å²) in [4.78, 5) is 14.1. The SMILES string of the molecule is COc1cc2c(cc1OC)CN(C(=O)c1cc(F)cc(F)c1)CC2. The summed E-state index contributed by atoms with van der Waals surface area (Å²) in [6.45, 7) is 0.825. The first-order chi connectivity index (χ1) is 11.5. The van der Waals surface area contributed by atoms with E-state index in [9.17, 15) is 13.6 Å². The van der Waals surface area contributed by atoms with Crippen molar-refractivity contribution in [2.45, 2.75) is 13.0 Å². The van der Waals surface area contributed by atoms with E-state index in [-0.39, 0.29) is 5.56 Å². The summed E-state index contributed by atoms with van der Waals surface area (Å²) in [6.07, 6.45) is 0.638. The molecule has 6 heteroatoms. The summed E-state index contributed by atoms with van der Waals surface area (Å²) in [7, 11) is 3.12. The monoisotopic (exact) mass is 333 g/mol. The summed E-state index contributed by atoms with van der Waals surface area (Å²) in [5, 5.41) is 0. The Morgan fingerprint density at radius 2 is 1.54 bits per heavy atom. The average Bonchev–Trinajstić information content (AvgIpc) is 2.58. The molecule has 2 aromatic carbocycles. The van der Waals surface area contributed by atoms with Crippen molar-refractivity contribution in [1.82, 2.24) is 4.90 Å². The molecule has 1 heterocycles. The number of hydrogen-bond acceptors (Lipinski definition) is 3. The van der Waals surface area contributed by atoms with Crippen molar-refractivity contribution in [3.63, 3.8) is 0 Å². The van der Waals surface area contributed by atoms with Crippen LogP contribution < -0.4 is 9.47 Å². The molecule has 1 aliphatic rings. The summed E-state index contributed by atoms with van der Waals surface area (Å²) in [5.41, 5.74) is 2.02. The number of ether oxygens (including phenoxy) is 2. The number of halogens is 2. The minimum atomic E-state index is -0.762. The maximum absolute atomic E-state index is 13.3. The van der Waals surface area contributed by atoms with Gasteiger partial charge >= 0.3 is 0 Å². The number of nitrogens with zero attached hydrogens (tertiary/aromatic N) is 1. The van der Waals surface area contributed by atoms with Crippen LogP contribution in [0.5, 0.6) is 11.5 Å². The number of methoxy groups -OCH3 is 2. The lowest BCUT2D eigenvalue weighted by Gasteiger charge is -2.29. The second kappa shape index (κ2) is 6.47. The minimum Gasteiger partial charge on any atom is -0.493 e. The van der Waals surface area contributed by atoms with E-state index in [0.717, 1.165) is 29.3 Å². The van der Waals surface area contributed by atoms with E-state index in [1.54, 1.807) is 19.1 Å². The third-order valence-electron chi connectivity index (χ3n) is 4.11. The van der Waals surface area contributed by atoms with Crippen LogP contribution in [0, 0.1) is 11.6 Å². The average molecular weight is 333 g/mol. The van der Waals surface area contributed by atoms with E-state index in [2.05, 4.69) is 0 Å². The van der Waals surface area contributed by atoms with E-state index in [1.807, 2.05) is 12.1 Å². The molecule has 0 N–H and O–H groups in total. The fraction of sp³-hybridized carbons (Fsp3) is 0.278. The smallest absolute Gasteiger partial charge is 0.254 e. The van der Waals surface area contributed by atoms with Crippen molar-refractivity contribution in [3.8, 4) is 11.5 Å². The Morgan fingerprint density at radius 1 is 0.958 bits per heavy atom. The lowest BCUT2D eigenvalue weighted by atomic mass is 9.98. The van der Waals surface area contributed by atoms with Gasteiger partial charge < -0.3 is 14.4 Å². The molecule has 0 bridgehead atoms. The first-order valence-corrected chi connectivity index (χ1v) is 7.51. The van der Waals surface area contributed by atoms with Crippen LogP contribution in [0.4, 0.5) is 8.78 Å². The van der Waals surface area contributed by atoms with Gasteiger partial charge in [0.25, 0.3) is 5.91 Å². The van der Waals surface area contributed by atoms with Gasteiger partial charge in [0, 0.05) is 24.7 Å². The van der Waals surface area contributed by atoms with Crippen molar-refractivity contribution in [3.05, 3.63) is 58.7 Å². The third-order valence-corrected chi connectivity index (χ3v) is 4.11. The van der Waals surface area contributed by atoms with E-state index in [1.165, 1.54) is 0 Å². The van der Waals surface area contributed by atoms with Gasteiger partial charge in [-0.15, -0.1) is 0 Å². The minimum absolute atomic E-state index is 0.0106. The molecule has 0 saturated carbocycles. The normalized spacial score (nSPS) is 13.4. The zero-order valence-corrected chi connectivity index (χ0v) is 13.4. The zero-order valence-electron chi connectivity index (χ0n) is 13.4. The Labute approximate surface area is 138 Å². The van der Waals surface area contributed by atoms with Crippen molar-refractivity contribution >= 4 is 5.91 Å². The van der Waals surface area contributed by atoms with Crippen molar-refractivity contribution in [2.75, 3.05) is 20.8 Å². The van der Waals surface area contributed by atoms with Gasteiger partial charge in [0.2, 0.25) is 0 Å². The lowest BCUT2D eigenvalue weighted by Crippen LogP contribution is -2.36. The number of carbonyl (C=O) groups is 1. The van der Waals surface area contributed by atoms with Crippen LogP contribution in [0.15, 0.2) is 30.3 Å². The molecular formula is C18H17F2NO3. The van der Waals surface area contributed by atoms with Gasteiger partial charge in [-0.2, -0.15) is 0 Å². The number of benzene rings is 2. The molecule has 0 fully saturated rings. The molecule has 126 valence electrons. The second-order valence-corrected chi connectivity index (χ2v) is 5.61. The standard InChI is InChI=1S/C18H17F2NO3/c1-23-16-7-11-3-4-21(10-13(11)8-17(16)24-2)18(22)12-5-14(19)9-15(20)6-12/h5-9H,3-4,10H2,1-2H3. The van der Waals surface area contributed by atoms with E-state index in [4.69, 9.17) is 9.47 Å². The maximum Gasteiger partial charge on any atom is 0.254 e. The molecule has 3 rings (SSSR count). The first kappa shape index (κ1) is 16.2. The Balaban J connectivity index is 1.87. The van der Waals surface area contributed by atoms with Crippen molar-refractivity contribution in [1.29, 1.82) is 0 Å². The molecular weight excluding hydrogens is 316 g/mol. The highest BCUT2D eigenvalue weighted by atomic mass is 19.1. The van der Waals surface area contributed by atoms with Crippen molar-refractivity contribution < 1.29 is 23.0 Å². The van der Waals surface area contributed by atoms with Crippen LogP contribution in [0.2, 0.25) is 0 Å². The highest BCUT2D eigenvalue weighted by Crippen LogP contribution is 2.33. The van der Waals surface area contributed by atoms with Gasteiger partial charge in [-0.1, -0.05) is 0 Å². The summed E-state index contributed by atoms with van der Waals surface area (Å²) >= 11 is 0. The number of carbonyl (C=O) groups excluding carboxylic acids is 1. The predicted octanol–water partition coefficient (Wildman–Crippen LogP) is 3.18. The van der Waals surface area contributed by atoms with Gasteiger partial charge in [-0.3, -0.25) is 4.79 Å². The third kappa shape index (κ3) is 3.04. The van der Waals surface area contributed by atoms with Crippen LogP contribution in [0.3, 0.4) is 0 Å². The lowest BCUT2D eigenvalue weighted by molar-refractivity contribution is 0.0733. The molecule has 0 atom stereocenters. The quantitative estimate of drug-likeness (QED) is 0.866. The van der Waals surface area contributed by atoms with Gasteiger partial charge in [0.1, 0.15) is 11.6 Å². The van der Waals surface area contributed by atoms with Crippen LogP contribution in [-0.4, -0.2) is 31.6 Å². The van der Waals surface area contributed by atoms with Crippen LogP contribution in [0.25, 0.3) is 0 Å². The Morgan fingerprint density at radius 3 is 2.12 bits per heavy atom. The summed E-state index contributed by atoms with van der Waals surface area (Å²) in [5.74, 6) is -0.691. The predicted molar refractivity (Wildman–Crippen MR) is 84.3 cm³/mol. The van der Waals surface area contributed by atoms with Crippen LogP contribution >= 0.6 is 0 Å². The van der Waals surface area contributed by atoms with Gasteiger partial charge in [0.15, 0.2) is 11.5 Å². The Hall–Kier alpha value is -2.63. The Bertz CT molecular complexity index is 772. The molecule has 0 unspecified atom stereocenters. The number of fused-ring (bicyclic) bond motifs is 1. The Kier molecular flexibility index (Phi) is 4.38. The summed E-state index contributed by atoms with van der Waals surface area (Å²) < 4.78 is 37.2. The number of hydrogen-bond donors (Lipinski definition) is 0. The molecule has 1 amide bonds. The highest BCUT2D eigenvalue weighted by molar-refractivity contribution is 5.94.